The smallest absolute Gasteiger partial charge is 0.293 e. The number of sulfonamides is 1. The average molecular weight is 365 g/mol. The molecule has 1 heterocycles. The van der Waals surface area contributed by atoms with E-state index in [9.17, 15) is 18.0 Å². The van der Waals surface area contributed by atoms with Crippen LogP contribution in [0.4, 0.5) is 0 Å². The molecule has 136 valence electrons. The molecule has 1 N–H and O–H groups in total. The molecule has 0 amide bonds. The highest BCUT2D eigenvalue weighted by atomic mass is 32.2. The fourth-order valence-electron chi connectivity index (χ4n) is 2.72. The number of benzene rings is 1. The number of hydrogen-bond acceptors (Lipinski definition) is 4. The van der Waals surface area contributed by atoms with Gasteiger partial charge in [0, 0.05) is 19.1 Å². The number of aryl methyl sites for hydroxylation is 1. The van der Waals surface area contributed by atoms with Crippen molar-refractivity contribution in [3.8, 4) is 0 Å². The van der Waals surface area contributed by atoms with Crippen molar-refractivity contribution in [2.24, 2.45) is 0 Å². The molecule has 7 nitrogen and oxygen atoms in total. The second-order valence-corrected chi connectivity index (χ2v) is 7.34. The Morgan fingerprint density at radius 2 is 1.80 bits per heavy atom. The summed E-state index contributed by atoms with van der Waals surface area (Å²) in [5.41, 5.74) is -0.453. The molecule has 0 aliphatic rings. The molecule has 1 aromatic heterocycles. The molecule has 0 fully saturated rings. The van der Waals surface area contributed by atoms with Gasteiger partial charge in [-0.15, -0.1) is 6.58 Å². The van der Waals surface area contributed by atoms with Crippen molar-refractivity contribution in [1.82, 2.24) is 13.9 Å². The lowest BCUT2D eigenvalue weighted by Crippen LogP contribution is -2.39. The maximum absolute atomic E-state index is 12.6. The molecular formula is C17H23N3O4S. The van der Waals surface area contributed by atoms with Crippen LogP contribution in [0.3, 0.4) is 0 Å². The standard InChI is InChI=1S/C17H23N3O4S/c1-5-12(6-2)18-25(23,24)13-9-10-15-14(11-13)16(21)20(8-4)17(22)19(15)7-3/h5,9-12,18H,1,6-8H2,2-4H3/t12-/m1/s1. The quantitative estimate of drug-likeness (QED) is 0.752. The predicted molar refractivity (Wildman–Crippen MR) is 98.4 cm³/mol. The Kier molecular flexibility index (Phi) is 5.64. The Labute approximate surface area is 146 Å². The van der Waals surface area contributed by atoms with Gasteiger partial charge >= 0.3 is 5.69 Å². The van der Waals surface area contributed by atoms with Crippen LogP contribution in [-0.2, 0) is 23.1 Å². The topological polar surface area (TPSA) is 90.2 Å². The first-order chi connectivity index (χ1) is 11.8. The maximum atomic E-state index is 12.6. The van der Waals surface area contributed by atoms with Gasteiger partial charge in [-0.2, -0.15) is 0 Å². The summed E-state index contributed by atoms with van der Waals surface area (Å²) in [5, 5.41) is 0.206. The number of hydrogen-bond donors (Lipinski definition) is 1. The summed E-state index contributed by atoms with van der Waals surface area (Å²) < 4.78 is 30.2. The van der Waals surface area contributed by atoms with Gasteiger partial charge < -0.3 is 0 Å². The van der Waals surface area contributed by atoms with Crippen LogP contribution in [-0.4, -0.2) is 23.6 Å². The Hall–Kier alpha value is -2.19. The third-order valence-electron chi connectivity index (χ3n) is 4.17. The fourth-order valence-corrected chi connectivity index (χ4v) is 4.04. The van der Waals surface area contributed by atoms with E-state index in [0.29, 0.717) is 18.5 Å². The first-order valence-corrected chi connectivity index (χ1v) is 9.71. The van der Waals surface area contributed by atoms with Crippen molar-refractivity contribution in [3.05, 3.63) is 51.7 Å². The van der Waals surface area contributed by atoms with Crippen molar-refractivity contribution < 1.29 is 8.42 Å². The van der Waals surface area contributed by atoms with Crippen molar-refractivity contribution >= 4 is 20.9 Å². The van der Waals surface area contributed by atoms with Crippen molar-refractivity contribution in [2.75, 3.05) is 0 Å². The number of nitrogens with one attached hydrogen (secondary N) is 1. The summed E-state index contributed by atoms with van der Waals surface area (Å²) >= 11 is 0. The van der Waals surface area contributed by atoms with Gasteiger partial charge in [0.05, 0.1) is 15.8 Å². The van der Waals surface area contributed by atoms with Crippen LogP contribution in [0.5, 0.6) is 0 Å². The normalized spacial score (nSPS) is 13.1. The van der Waals surface area contributed by atoms with Gasteiger partial charge in [-0.3, -0.25) is 13.9 Å². The lowest BCUT2D eigenvalue weighted by molar-refractivity contribution is 0.568. The Morgan fingerprint density at radius 1 is 1.16 bits per heavy atom. The molecule has 2 aromatic rings. The summed E-state index contributed by atoms with van der Waals surface area (Å²) in [6.07, 6.45) is 2.09. The van der Waals surface area contributed by atoms with E-state index in [1.807, 2.05) is 6.92 Å². The molecule has 25 heavy (non-hydrogen) atoms. The maximum Gasteiger partial charge on any atom is 0.331 e. The van der Waals surface area contributed by atoms with Crippen molar-refractivity contribution in [1.29, 1.82) is 0 Å². The zero-order valence-electron chi connectivity index (χ0n) is 14.7. The molecule has 8 heteroatoms. The SMILES string of the molecule is C=C[C@H](CC)NS(=O)(=O)c1ccc2c(c1)c(=O)n(CC)c(=O)n2CC. The Balaban J connectivity index is 2.74. The van der Waals surface area contributed by atoms with E-state index in [4.69, 9.17) is 0 Å². The van der Waals surface area contributed by atoms with E-state index in [1.54, 1.807) is 13.8 Å². The third-order valence-corrected chi connectivity index (χ3v) is 5.66. The molecule has 0 aliphatic heterocycles. The van der Waals surface area contributed by atoms with Crippen LogP contribution in [0.25, 0.3) is 10.9 Å². The van der Waals surface area contributed by atoms with Gasteiger partial charge in [0.2, 0.25) is 10.0 Å². The molecule has 0 radical (unpaired) electrons. The second kappa shape index (κ2) is 7.37. The van der Waals surface area contributed by atoms with E-state index in [1.165, 1.54) is 28.8 Å². The molecule has 0 unspecified atom stereocenters. The predicted octanol–water partition coefficient (Wildman–Crippen LogP) is 1.45. The summed E-state index contributed by atoms with van der Waals surface area (Å²) in [4.78, 5) is 24.9. The molecule has 1 atom stereocenters. The molecule has 0 saturated carbocycles. The molecule has 0 bridgehead atoms. The first-order valence-electron chi connectivity index (χ1n) is 8.22. The van der Waals surface area contributed by atoms with E-state index in [-0.39, 0.29) is 16.8 Å². The molecular weight excluding hydrogens is 342 g/mol. The Morgan fingerprint density at radius 3 is 2.32 bits per heavy atom. The van der Waals surface area contributed by atoms with Crippen LogP contribution in [0.15, 0.2) is 45.3 Å². The van der Waals surface area contributed by atoms with Crippen LogP contribution in [0.1, 0.15) is 27.2 Å². The molecule has 0 saturated heterocycles. The van der Waals surface area contributed by atoms with Gasteiger partial charge in [0.25, 0.3) is 5.56 Å². The van der Waals surface area contributed by atoms with E-state index >= 15 is 0 Å². The number of rotatable bonds is 7. The van der Waals surface area contributed by atoms with Crippen LogP contribution >= 0.6 is 0 Å². The highest BCUT2D eigenvalue weighted by Crippen LogP contribution is 2.16. The van der Waals surface area contributed by atoms with Crippen molar-refractivity contribution in [3.63, 3.8) is 0 Å². The van der Waals surface area contributed by atoms with Gasteiger partial charge in [0.15, 0.2) is 0 Å². The van der Waals surface area contributed by atoms with Gasteiger partial charge in [-0.25, -0.2) is 17.9 Å². The van der Waals surface area contributed by atoms with E-state index < -0.39 is 27.3 Å². The lowest BCUT2D eigenvalue weighted by atomic mass is 10.2. The molecule has 2 rings (SSSR count). The number of nitrogens with zero attached hydrogens (tertiary/aromatic N) is 2. The zero-order valence-corrected chi connectivity index (χ0v) is 15.5. The van der Waals surface area contributed by atoms with E-state index in [2.05, 4.69) is 11.3 Å². The lowest BCUT2D eigenvalue weighted by Gasteiger charge is -2.15. The van der Waals surface area contributed by atoms with Gasteiger partial charge in [-0.05, 0) is 38.5 Å². The molecule has 1 aromatic carbocycles. The van der Waals surface area contributed by atoms with Crippen molar-refractivity contribution in [2.45, 2.75) is 51.2 Å². The minimum atomic E-state index is -3.80. The highest BCUT2D eigenvalue weighted by Gasteiger charge is 2.20. The summed E-state index contributed by atoms with van der Waals surface area (Å²) in [6.45, 7) is 9.56. The molecule has 0 spiro atoms. The minimum Gasteiger partial charge on any atom is -0.293 e. The minimum absolute atomic E-state index is 0.0126. The van der Waals surface area contributed by atoms with Crippen LogP contribution in [0, 0.1) is 0 Å². The summed E-state index contributed by atoms with van der Waals surface area (Å²) in [6, 6.07) is 3.85. The van der Waals surface area contributed by atoms with E-state index in [0.717, 1.165) is 4.57 Å². The fraction of sp³-hybridized carbons (Fsp3) is 0.412. The second-order valence-electron chi connectivity index (χ2n) is 5.63. The zero-order chi connectivity index (χ0) is 18.8. The first kappa shape index (κ1) is 19.1. The summed E-state index contributed by atoms with van der Waals surface area (Å²) in [7, 11) is -3.80. The highest BCUT2D eigenvalue weighted by molar-refractivity contribution is 7.89. The van der Waals surface area contributed by atoms with Gasteiger partial charge in [0.1, 0.15) is 0 Å². The summed E-state index contributed by atoms with van der Waals surface area (Å²) in [5.74, 6) is 0. The van der Waals surface area contributed by atoms with Crippen LogP contribution < -0.4 is 16.0 Å². The Bertz CT molecular complexity index is 1020. The van der Waals surface area contributed by atoms with Gasteiger partial charge in [-0.1, -0.05) is 13.0 Å². The molecule has 0 aliphatic carbocycles. The largest absolute Gasteiger partial charge is 0.331 e. The number of aromatic nitrogens is 2. The third kappa shape index (κ3) is 3.45. The monoisotopic (exact) mass is 365 g/mol. The average Bonchev–Trinajstić information content (AvgIpc) is 2.60. The number of fused-ring (bicyclic) bond motifs is 1. The van der Waals surface area contributed by atoms with Crippen LogP contribution in [0.2, 0.25) is 0 Å².